The Hall–Kier alpha value is -1.68. The van der Waals surface area contributed by atoms with Gasteiger partial charge in [0.15, 0.2) is 0 Å². The number of aliphatic hydroxyl groups excluding tert-OH is 1. The van der Waals surface area contributed by atoms with Crippen LogP contribution in [0.5, 0.6) is 0 Å². The van der Waals surface area contributed by atoms with Crippen LogP contribution in [0.2, 0.25) is 0 Å². The first-order chi connectivity index (χ1) is 12.1. The van der Waals surface area contributed by atoms with Gasteiger partial charge in [-0.05, 0) is 23.5 Å². The Morgan fingerprint density at radius 2 is 1.68 bits per heavy atom. The van der Waals surface area contributed by atoms with Crippen molar-refractivity contribution in [1.29, 1.82) is 0 Å². The van der Waals surface area contributed by atoms with Gasteiger partial charge in [-0.2, -0.15) is 0 Å². The molecule has 0 aromatic heterocycles. The Kier molecular flexibility index (Phi) is 6.24. The zero-order chi connectivity index (χ0) is 17.6. The van der Waals surface area contributed by atoms with E-state index in [2.05, 4.69) is 78.7 Å². The predicted octanol–water partition coefficient (Wildman–Crippen LogP) is 3.61. The Morgan fingerprint density at radius 3 is 2.28 bits per heavy atom. The lowest BCUT2D eigenvalue weighted by molar-refractivity contribution is 0.0305. The third-order valence-corrected chi connectivity index (χ3v) is 5.13. The lowest BCUT2D eigenvalue weighted by Gasteiger charge is -2.39. The normalized spacial score (nSPS) is 22.9. The maximum absolute atomic E-state index is 10.7. The van der Waals surface area contributed by atoms with E-state index in [1.165, 1.54) is 11.1 Å². The molecule has 0 bridgehead atoms. The van der Waals surface area contributed by atoms with Crippen LogP contribution in [-0.2, 0) is 6.54 Å². The first-order valence-electron chi connectivity index (χ1n) is 9.39. The zero-order valence-corrected chi connectivity index (χ0v) is 15.3. The number of nitrogens with zero attached hydrogens (tertiary/aromatic N) is 1. The maximum atomic E-state index is 10.7. The minimum atomic E-state index is -0.331. The summed E-state index contributed by atoms with van der Waals surface area (Å²) >= 11 is 0. The van der Waals surface area contributed by atoms with Gasteiger partial charge >= 0.3 is 0 Å². The molecule has 0 spiro atoms. The van der Waals surface area contributed by atoms with E-state index in [9.17, 15) is 5.11 Å². The maximum Gasteiger partial charge on any atom is 0.0820 e. The molecule has 1 saturated heterocycles. The second-order valence-corrected chi connectivity index (χ2v) is 7.48. The van der Waals surface area contributed by atoms with Gasteiger partial charge in [0, 0.05) is 31.7 Å². The van der Waals surface area contributed by atoms with Gasteiger partial charge in [-0.15, -0.1) is 0 Å². The molecule has 1 fully saturated rings. The Bertz CT molecular complexity index is 629. The SMILES string of the molecule is CC(C)C(N[C@H]1CCN(Cc2ccccc2)C[C@@H]1O)c1ccccc1. The van der Waals surface area contributed by atoms with Crippen molar-refractivity contribution in [3.63, 3.8) is 0 Å². The van der Waals surface area contributed by atoms with Crippen molar-refractivity contribution in [1.82, 2.24) is 10.2 Å². The fourth-order valence-corrected chi connectivity index (χ4v) is 3.74. The molecule has 0 radical (unpaired) electrons. The van der Waals surface area contributed by atoms with Gasteiger partial charge in [0.25, 0.3) is 0 Å². The first-order valence-corrected chi connectivity index (χ1v) is 9.39. The van der Waals surface area contributed by atoms with Crippen molar-refractivity contribution in [2.45, 2.75) is 45.0 Å². The third kappa shape index (κ3) is 4.91. The van der Waals surface area contributed by atoms with Gasteiger partial charge in [-0.3, -0.25) is 4.90 Å². The van der Waals surface area contributed by atoms with Gasteiger partial charge in [0.1, 0.15) is 0 Å². The lowest BCUT2D eigenvalue weighted by atomic mass is 9.92. The van der Waals surface area contributed by atoms with Gasteiger partial charge < -0.3 is 10.4 Å². The van der Waals surface area contributed by atoms with Gasteiger partial charge in [-0.25, -0.2) is 0 Å². The minimum Gasteiger partial charge on any atom is -0.390 e. The number of rotatable bonds is 6. The summed E-state index contributed by atoms with van der Waals surface area (Å²) in [6.07, 6.45) is 0.645. The number of aliphatic hydroxyl groups is 1. The highest BCUT2D eigenvalue weighted by atomic mass is 16.3. The largest absolute Gasteiger partial charge is 0.390 e. The van der Waals surface area contributed by atoms with Crippen LogP contribution in [0.25, 0.3) is 0 Å². The van der Waals surface area contributed by atoms with E-state index in [1.54, 1.807) is 0 Å². The molecule has 2 aromatic carbocycles. The number of benzene rings is 2. The van der Waals surface area contributed by atoms with Crippen molar-refractivity contribution < 1.29 is 5.11 Å². The Labute approximate surface area is 151 Å². The molecule has 3 rings (SSSR count). The molecule has 0 aliphatic carbocycles. The topological polar surface area (TPSA) is 35.5 Å². The Morgan fingerprint density at radius 1 is 1.04 bits per heavy atom. The highest BCUT2D eigenvalue weighted by molar-refractivity contribution is 5.20. The van der Waals surface area contributed by atoms with Crippen molar-refractivity contribution in [3.8, 4) is 0 Å². The monoisotopic (exact) mass is 338 g/mol. The number of hydrogen-bond acceptors (Lipinski definition) is 3. The van der Waals surface area contributed by atoms with Crippen molar-refractivity contribution >= 4 is 0 Å². The van der Waals surface area contributed by atoms with E-state index in [-0.39, 0.29) is 18.2 Å². The van der Waals surface area contributed by atoms with Crippen molar-refractivity contribution in [2.24, 2.45) is 5.92 Å². The summed E-state index contributed by atoms with van der Waals surface area (Å²) in [6, 6.07) is 21.5. The van der Waals surface area contributed by atoms with Gasteiger partial charge in [-0.1, -0.05) is 74.5 Å². The number of β-amino-alcohol motifs (C(OH)–C–C–N with tert-alkyl or cyclic N) is 1. The smallest absolute Gasteiger partial charge is 0.0820 e. The number of nitrogens with one attached hydrogen (secondary N) is 1. The quantitative estimate of drug-likeness (QED) is 0.845. The molecule has 3 nitrogen and oxygen atoms in total. The summed E-state index contributed by atoms with van der Waals surface area (Å²) < 4.78 is 0. The van der Waals surface area contributed by atoms with Crippen LogP contribution < -0.4 is 5.32 Å². The fraction of sp³-hybridized carbons (Fsp3) is 0.455. The summed E-state index contributed by atoms with van der Waals surface area (Å²) in [4.78, 5) is 2.35. The van der Waals surface area contributed by atoms with Gasteiger partial charge in [0.2, 0.25) is 0 Å². The van der Waals surface area contributed by atoms with Crippen LogP contribution in [0, 0.1) is 5.92 Å². The summed E-state index contributed by atoms with van der Waals surface area (Å²) in [6.45, 7) is 7.13. The summed E-state index contributed by atoms with van der Waals surface area (Å²) in [5, 5.41) is 14.4. The average molecular weight is 338 g/mol. The average Bonchev–Trinajstić information content (AvgIpc) is 2.62. The second kappa shape index (κ2) is 8.61. The third-order valence-electron chi connectivity index (χ3n) is 5.13. The first kappa shape index (κ1) is 18.1. The fourth-order valence-electron chi connectivity index (χ4n) is 3.74. The molecule has 1 aliphatic heterocycles. The zero-order valence-electron chi connectivity index (χ0n) is 15.3. The number of hydrogen-bond donors (Lipinski definition) is 2. The van der Waals surface area contributed by atoms with Crippen LogP contribution in [0.3, 0.4) is 0 Å². The van der Waals surface area contributed by atoms with Crippen LogP contribution >= 0.6 is 0 Å². The lowest BCUT2D eigenvalue weighted by Crippen LogP contribution is -2.53. The minimum absolute atomic E-state index is 0.152. The van der Waals surface area contributed by atoms with Crippen LogP contribution in [-0.4, -0.2) is 35.2 Å². The molecule has 2 N–H and O–H groups in total. The molecular weight excluding hydrogens is 308 g/mol. The summed E-state index contributed by atoms with van der Waals surface area (Å²) in [5.74, 6) is 0.483. The molecule has 3 atom stereocenters. The van der Waals surface area contributed by atoms with Crippen LogP contribution in [0.4, 0.5) is 0 Å². The number of likely N-dealkylation sites (tertiary alicyclic amines) is 1. The van der Waals surface area contributed by atoms with E-state index in [1.807, 2.05) is 6.07 Å². The molecule has 1 unspecified atom stereocenters. The second-order valence-electron chi connectivity index (χ2n) is 7.48. The number of piperidine rings is 1. The van der Waals surface area contributed by atoms with Gasteiger partial charge in [0.05, 0.1) is 6.10 Å². The van der Waals surface area contributed by atoms with E-state index < -0.39 is 0 Å². The van der Waals surface area contributed by atoms with Crippen molar-refractivity contribution in [3.05, 3.63) is 71.8 Å². The molecule has 2 aromatic rings. The molecule has 0 saturated carbocycles. The highest BCUT2D eigenvalue weighted by Crippen LogP contribution is 2.24. The van der Waals surface area contributed by atoms with E-state index in [4.69, 9.17) is 0 Å². The van der Waals surface area contributed by atoms with Crippen molar-refractivity contribution in [2.75, 3.05) is 13.1 Å². The van der Waals surface area contributed by atoms with E-state index in [0.717, 1.165) is 26.1 Å². The van der Waals surface area contributed by atoms with E-state index >= 15 is 0 Å². The predicted molar refractivity (Wildman–Crippen MR) is 103 cm³/mol. The molecule has 1 heterocycles. The molecule has 3 heteroatoms. The van der Waals surface area contributed by atoms with Crippen LogP contribution in [0.1, 0.15) is 37.4 Å². The molecule has 1 aliphatic rings. The van der Waals surface area contributed by atoms with E-state index in [0.29, 0.717) is 5.92 Å². The summed E-state index contributed by atoms with van der Waals surface area (Å²) in [5.41, 5.74) is 2.61. The summed E-state index contributed by atoms with van der Waals surface area (Å²) in [7, 11) is 0. The molecule has 0 amide bonds. The Balaban J connectivity index is 1.59. The van der Waals surface area contributed by atoms with Crippen LogP contribution in [0.15, 0.2) is 60.7 Å². The standard InChI is InChI=1S/C22H30N2O/c1-17(2)22(19-11-7-4-8-12-19)23-20-13-14-24(16-21(20)25)15-18-9-5-3-6-10-18/h3-12,17,20-23,25H,13-16H2,1-2H3/t20-,21-,22?/m0/s1. The molecular formula is C22H30N2O. The highest BCUT2D eigenvalue weighted by Gasteiger charge is 2.30. The molecule has 134 valence electrons. The molecule has 25 heavy (non-hydrogen) atoms.